The molecule has 110 valence electrons. The summed E-state index contributed by atoms with van der Waals surface area (Å²) in [5, 5.41) is 10.6. The van der Waals surface area contributed by atoms with Crippen molar-refractivity contribution in [3.05, 3.63) is 45.2 Å². The Morgan fingerprint density at radius 2 is 2.24 bits per heavy atom. The van der Waals surface area contributed by atoms with Gasteiger partial charge in [0.05, 0.1) is 12.8 Å². The number of nitrogens with one attached hydrogen (secondary N) is 2. The second-order valence-corrected chi connectivity index (χ2v) is 5.54. The first-order valence-corrected chi connectivity index (χ1v) is 7.21. The van der Waals surface area contributed by atoms with Crippen molar-refractivity contribution in [3.63, 3.8) is 0 Å². The maximum absolute atomic E-state index is 11.8. The van der Waals surface area contributed by atoms with Crippen LogP contribution in [0.4, 0.5) is 0 Å². The predicted molar refractivity (Wildman–Crippen MR) is 81.7 cm³/mol. The van der Waals surface area contributed by atoms with Gasteiger partial charge < -0.3 is 10.1 Å². The summed E-state index contributed by atoms with van der Waals surface area (Å²) < 4.78 is 5.33. The average molecular weight is 306 g/mol. The van der Waals surface area contributed by atoms with E-state index in [1.54, 1.807) is 31.4 Å². The van der Waals surface area contributed by atoms with Crippen LogP contribution >= 0.6 is 11.6 Å². The van der Waals surface area contributed by atoms with Gasteiger partial charge in [0.15, 0.2) is 0 Å². The molecule has 0 bridgehead atoms. The van der Waals surface area contributed by atoms with Gasteiger partial charge in [-0.2, -0.15) is 5.10 Å². The van der Waals surface area contributed by atoms with Crippen molar-refractivity contribution in [1.82, 2.24) is 15.5 Å². The highest BCUT2D eigenvalue weighted by molar-refractivity contribution is 6.30. The number of halogens is 1. The second-order valence-electron chi connectivity index (χ2n) is 5.11. The van der Waals surface area contributed by atoms with Gasteiger partial charge in [0.1, 0.15) is 5.75 Å². The van der Waals surface area contributed by atoms with Gasteiger partial charge in [0.2, 0.25) is 0 Å². The fourth-order valence-corrected chi connectivity index (χ4v) is 2.31. The third kappa shape index (κ3) is 3.25. The van der Waals surface area contributed by atoms with E-state index in [4.69, 9.17) is 16.3 Å². The number of methoxy groups -OCH3 is 1. The molecule has 2 N–H and O–H groups in total. The number of benzene rings is 1. The van der Waals surface area contributed by atoms with Crippen LogP contribution in [0.5, 0.6) is 5.75 Å². The van der Waals surface area contributed by atoms with Crippen LogP contribution < -0.4 is 15.6 Å². The van der Waals surface area contributed by atoms with Crippen LogP contribution in [0.25, 0.3) is 11.3 Å². The average Bonchev–Trinajstić information content (AvgIpc) is 3.30. The largest absolute Gasteiger partial charge is 0.496 e. The third-order valence-electron chi connectivity index (χ3n) is 3.48. The summed E-state index contributed by atoms with van der Waals surface area (Å²) in [5.74, 6) is 0.667. The Kier molecular flexibility index (Phi) is 3.94. The molecule has 0 amide bonds. The number of rotatable bonds is 5. The van der Waals surface area contributed by atoms with Gasteiger partial charge in [-0.3, -0.25) is 4.79 Å². The summed E-state index contributed by atoms with van der Waals surface area (Å²) >= 11 is 6.04. The monoisotopic (exact) mass is 305 g/mol. The SMILES string of the molecule is COc1ccc(Cl)cc1-c1cc(CNC2CC2)c(=O)[nH]n1. The molecule has 1 heterocycles. The minimum Gasteiger partial charge on any atom is -0.496 e. The zero-order chi connectivity index (χ0) is 14.8. The molecule has 1 aromatic heterocycles. The Labute approximate surface area is 127 Å². The molecule has 21 heavy (non-hydrogen) atoms. The quantitative estimate of drug-likeness (QED) is 0.890. The molecular weight excluding hydrogens is 290 g/mol. The van der Waals surface area contributed by atoms with E-state index < -0.39 is 0 Å². The smallest absolute Gasteiger partial charge is 0.268 e. The lowest BCUT2D eigenvalue weighted by molar-refractivity contribution is 0.416. The van der Waals surface area contributed by atoms with Crippen LogP contribution in [0.2, 0.25) is 5.02 Å². The van der Waals surface area contributed by atoms with Gasteiger partial charge in [-0.05, 0) is 37.1 Å². The van der Waals surface area contributed by atoms with E-state index in [1.165, 1.54) is 12.8 Å². The van der Waals surface area contributed by atoms with E-state index in [0.29, 0.717) is 34.6 Å². The Balaban J connectivity index is 1.96. The van der Waals surface area contributed by atoms with Gasteiger partial charge in [-0.15, -0.1) is 0 Å². The second kappa shape index (κ2) is 5.87. The molecule has 1 saturated carbocycles. The summed E-state index contributed by atoms with van der Waals surface area (Å²) in [5.41, 5.74) is 1.89. The Bertz CT molecular complexity index is 710. The lowest BCUT2D eigenvalue weighted by atomic mass is 10.1. The molecule has 0 radical (unpaired) electrons. The van der Waals surface area contributed by atoms with Crippen molar-refractivity contribution >= 4 is 11.6 Å². The van der Waals surface area contributed by atoms with E-state index in [1.807, 2.05) is 0 Å². The highest BCUT2D eigenvalue weighted by Gasteiger charge is 2.20. The van der Waals surface area contributed by atoms with Crippen molar-refractivity contribution in [2.45, 2.75) is 25.4 Å². The topological polar surface area (TPSA) is 67.0 Å². The molecule has 1 aliphatic carbocycles. The summed E-state index contributed by atoms with van der Waals surface area (Å²) in [4.78, 5) is 11.8. The zero-order valence-electron chi connectivity index (χ0n) is 11.6. The van der Waals surface area contributed by atoms with Crippen molar-refractivity contribution in [1.29, 1.82) is 0 Å². The fraction of sp³-hybridized carbons (Fsp3) is 0.333. The van der Waals surface area contributed by atoms with Gasteiger partial charge in [-0.25, -0.2) is 5.10 Å². The summed E-state index contributed by atoms with van der Waals surface area (Å²) in [6.07, 6.45) is 2.36. The molecule has 2 aromatic rings. The molecule has 0 spiro atoms. The molecule has 1 aromatic carbocycles. The Hall–Kier alpha value is -1.85. The van der Waals surface area contributed by atoms with E-state index >= 15 is 0 Å². The summed E-state index contributed by atoms with van der Waals surface area (Å²) in [7, 11) is 1.59. The molecule has 0 saturated heterocycles. The normalized spacial score (nSPS) is 14.2. The number of nitrogens with zero attached hydrogens (tertiary/aromatic N) is 1. The molecular formula is C15H16ClN3O2. The number of aromatic nitrogens is 2. The molecule has 3 rings (SSSR count). The lowest BCUT2D eigenvalue weighted by Gasteiger charge is -2.09. The molecule has 6 heteroatoms. The number of aromatic amines is 1. The molecule has 1 fully saturated rings. The van der Waals surface area contributed by atoms with Crippen molar-refractivity contribution in [3.8, 4) is 17.0 Å². The van der Waals surface area contributed by atoms with E-state index in [9.17, 15) is 4.79 Å². The minimum absolute atomic E-state index is 0.173. The van der Waals surface area contributed by atoms with Crippen LogP contribution in [0.1, 0.15) is 18.4 Å². The van der Waals surface area contributed by atoms with E-state index in [2.05, 4.69) is 15.5 Å². The molecule has 5 nitrogen and oxygen atoms in total. The number of hydrogen-bond donors (Lipinski definition) is 2. The molecule has 0 aliphatic heterocycles. The van der Waals surface area contributed by atoms with Crippen LogP contribution in [-0.2, 0) is 6.54 Å². The Morgan fingerprint density at radius 1 is 1.43 bits per heavy atom. The molecule has 1 aliphatic rings. The van der Waals surface area contributed by atoms with Crippen LogP contribution in [0, 0.1) is 0 Å². The highest BCUT2D eigenvalue weighted by Crippen LogP contribution is 2.31. The predicted octanol–water partition coefficient (Wildman–Crippen LogP) is 2.35. The third-order valence-corrected chi connectivity index (χ3v) is 3.71. The first-order chi connectivity index (χ1) is 10.2. The van der Waals surface area contributed by atoms with Gasteiger partial charge in [0, 0.05) is 28.7 Å². The number of H-pyrrole nitrogens is 1. The first kappa shape index (κ1) is 14.1. The number of hydrogen-bond acceptors (Lipinski definition) is 4. The van der Waals surface area contributed by atoms with Crippen LogP contribution in [0.3, 0.4) is 0 Å². The van der Waals surface area contributed by atoms with Crippen molar-refractivity contribution in [2.24, 2.45) is 0 Å². The lowest BCUT2D eigenvalue weighted by Crippen LogP contribution is -2.23. The standard InChI is InChI=1S/C15H16ClN3O2/c1-21-14-5-2-10(16)7-12(14)13-6-9(15(20)19-18-13)8-17-11-3-4-11/h2,5-7,11,17H,3-4,8H2,1H3,(H,19,20). The summed E-state index contributed by atoms with van der Waals surface area (Å²) in [6, 6.07) is 7.64. The van der Waals surface area contributed by atoms with Crippen molar-refractivity contribution < 1.29 is 4.74 Å². The van der Waals surface area contributed by atoms with Crippen molar-refractivity contribution in [2.75, 3.05) is 7.11 Å². The van der Waals surface area contributed by atoms with Gasteiger partial charge in [-0.1, -0.05) is 11.6 Å². The minimum atomic E-state index is -0.173. The molecule has 0 unspecified atom stereocenters. The van der Waals surface area contributed by atoms with E-state index in [-0.39, 0.29) is 5.56 Å². The fourth-order valence-electron chi connectivity index (χ4n) is 2.14. The van der Waals surface area contributed by atoms with Crippen LogP contribution in [0.15, 0.2) is 29.1 Å². The molecule has 0 atom stereocenters. The maximum atomic E-state index is 11.8. The first-order valence-electron chi connectivity index (χ1n) is 6.83. The van der Waals surface area contributed by atoms with E-state index in [0.717, 1.165) is 5.56 Å². The Morgan fingerprint density at radius 3 is 2.95 bits per heavy atom. The number of ether oxygens (including phenoxy) is 1. The van der Waals surface area contributed by atoms with Gasteiger partial charge in [0.25, 0.3) is 5.56 Å². The zero-order valence-corrected chi connectivity index (χ0v) is 12.4. The maximum Gasteiger partial charge on any atom is 0.268 e. The summed E-state index contributed by atoms with van der Waals surface area (Å²) in [6.45, 7) is 0.540. The highest BCUT2D eigenvalue weighted by atomic mass is 35.5. The van der Waals surface area contributed by atoms with Gasteiger partial charge >= 0.3 is 0 Å². The van der Waals surface area contributed by atoms with Crippen LogP contribution in [-0.4, -0.2) is 23.3 Å².